The van der Waals surface area contributed by atoms with Gasteiger partial charge in [0, 0.05) is 29.6 Å². The summed E-state index contributed by atoms with van der Waals surface area (Å²) in [5.74, 6) is -0.745. The standard InChI is InChI=1S/C11H14ClFN2O/c1-7(5-11(14)16)15-6-8-9(12)3-2-4-10(8)13/h2-4,7,15H,5-6H2,1H3,(H2,14,16). The molecule has 3 nitrogen and oxygen atoms in total. The Balaban J connectivity index is 2.57. The van der Waals surface area contributed by atoms with E-state index in [1.165, 1.54) is 6.07 Å². The van der Waals surface area contributed by atoms with Gasteiger partial charge in [0.15, 0.2) is 0 Å². The minimum Gasteiger partial charge on any atom is -0.370 e. The Morgan fingerprint density at radius 1 is 1.62 bits per heavy atom. The highest BCUT2D eigenvalue weighted by molar-refractivity contribution is 6.31. The van der Waals surface area contributed by atoms with E-state index < -0.39 is 0 Å². The predicted octanol–water partition coefficient (Wildman–Crippen LogP) is 1.83. The van der Waals surface area contributed by atoms with Crippen LogP contribution in [0.2, 0.25) is 5.02 Å². The number of rotatable bonds is 5. The van der Waals surface area contributed by atoms with Gasteiger partial charge in [0.1, 0.15) is 5.82 Å². The highest BCUT2D eigenvalue weighted by atomic mass is 35.5. The highest BCUT2D eigenvalue weighted by Crippen LogP contribution is 2.18. The van der Waals surface area contributed by atoms with Gasteiger partial charge < -0.3 is 11.1 Å². The van der Waals surface area contributed by atoms with Gasteiger partial charge in [-0.2, -0.15) is 0 Å². The molecule has 16 heavy (non-hydrogen) atoms. The van der Waals surface area contributed by atoms with Crippen LogP contribution in [0.5, 0.6) is 0 Å². The van der Waals surface area contributed by atoms with Crippen LogP contribution in [-0.4, -0.2) is 11.9 Å². The Bertz CT molecular complexity index is 364. The van der Waals surface area contributed by atoms with Crippen LogP contribution in [-0.2, 0) is 11.3 Å². The zero-order valence-electron chi connectivity index (χ0n) is 8.97. The fraction of sp³-hybridized carbons (Fsp3) is 0.364. The van der Waals surface area contributed by atoms with Gasteiger partial charge in [-0.15, -0.1) is 0 Å². The van der Waals surface area contributed by atoms with Gasteiger partial charge in [0.25, 0.3) is 0 Å². The molecule has 0 aromatic heterocycles. The Kier molecular flexibility index (Phi) is 4.71. The van der Waals surface area contributed by atoms with Crippen LogP contribution in [0.4, 0.5) is 4.39 Å². The molecular formula is C11H14ClFN2O. The van der Waals surface area contributed by atoms with Crippen LogP contribution in [0.25, 0.3) is 0 Å². The number of hydrogen-bond acceptors (Lipinski definition) is 2. The number of amides is 1. The molecule has 0 aliphatic heterocycles. The first-order valence-electron chi connectivity index (χ1n) is 4.95. The number of halogens is 2. The largest absolute Gasteiger partial charge is 0.370 e. The van der Waals surface area contributed by atoms with Crippen molar-refractivity contribution in [1.29, 1.82) is 0 Å². The Hall–Kier alpha value is -1.13. The van der Waals surface area contributed by atoms with Gasteiger partial charge in [-0.1, -0.05) is 17.7 Å². The molecule has 5 heteroatoms. The lowest BCUT2D eigenvalue weighted by molar-refractivity contribution is -0.118. The van der Waals surface area contributed by atoms with Crippen molar-refractivity contribution in [2.75, 3.05) is 0 Å². The number of hydrogen-bond donors (Lipinski definition) is 2. The van der Waals surface area contributed by atoms with E-state index in [-0.39, 0.29) is 30.7 Å². The average molecular weight is 245 g/mol. The number of nitrogens with one attached hydrogen (secondary N) is 1. The minimum atomic E-state index is -0.389. The van der Waals surface area contributed by atoms with Crippen molar-refractivity contribution in [3.63, 3.8) is 0 Å². The molecule has 0 radical (unpaired) electrons. The van der Waals surface area contributed by atoms with Crippen LogP contribution in [0.15, 0.2) is 18.2 Å². The molecule has 0 fully saturated rings. The van der Waals surface area contributed by atoms with E-state index in [9.17, 15) is 9.18 Å². The first kappa shape index (κ1) is 12.9. The number of carbonyl (C=O) groups is 1. The maximum atomic E-state index is 13.3. The number of benzene rings is 1. The third-order valence-electron chi connectivity index (χ3n) is 2.20. The molecule has 1 rings (SSSR count). The molecule has 1 amide bonds. The lowest BCUT2D eigenvalue weighted by Gasteiger charge is -2.13. The third kappa shape index (κ3) is 3.79. The van der Waals surface area contributed by atoms with Crippen LogP contribution < -0.4 is 11.1 Å². The molecule has 0 saturated heterocycles. The average Bonchev–Trinajstić information content (AvgIpc) is 2.15. The first-order chi connectivity index (χ1) is 7.50. The summed E-state index contributed by atoms with van der Waals surface area (Å²) in [5, 5.41) is 3.36. The third-order valence-corrected chi connectivity index (χ3v) is 2.55. The summed E-state index contributed by atoms with van der Waals surface area (Å²) in [6.45, 7) is 2.08. The van der Waals surface area contributed by atoms with Gasteiger partial charge in [0.05, 0.1) is 0 Å². The second-order valence-electron chi connectivity index (χ2n) is 3.65. The van der Waals surface area contributed by atoms with Gasteiger partial charge in [-0.3, -0.25) is 4.79 Å². The van der Waals surface area contributed by atoms with E-state index in [0.717, 1.165) is 0 Å². The molecule has 1 aromatic carbocycles. The Morgan fingerprint density at radius 2 is 2.31 bits per heavy atom. The molecule has 0 saturated carbocycles. The van der Waals surface area contributed by atoms with Gasteiger partial charge in [-0.25, -0.2) is 4.39 Å². The van der Waals surface area contributed by atoms with E-state index in [4.69, 9.17) is 17.3 Å². The van der Waals surface area contributed by atoms with Gasteiger partial charge >= 0.3 is 0 Å². The molecule has 0 aliphatic rings. The molecule has 0 bridgehead atoms. The van der Waals surface area contributed by atoms with Crippen molar-refractivity contribution in [3.8, 4) is 0 Å². The fourth-order valence-electron chi connectivity index (χ4n) is 1.35. The van der Waals surface area contributed by atoms with E-state index in [0.29, 0.717) is 10.6 Å². The number of nitrogens with two attached hydrogens (primary N) is 1. The lowest BCUT2D eigenvalue weighted by Crippen LogP contribution is -2.30. The molecule has 1 unspecified atom stereocenters. The highest BCUT2D eigenvalue weighted by Gasteiger charge is 2.09. The topological polar surface area (TPSA) is 55.1 Å². The zero-order chi connectivity index (χ0) is 12.1. The summed E-state index contributed by atoms with van der Waals surface area (Å²) < 4.78 is 13.3. The monoisotopic (exact) mass is 244 g/mol. The van der Waals surface area contributed by atoms with Crippen molar-refractivity contribution >= 4 is 17.5 Å². The normalized spacial score (nSPS) is 12.4. The van der Waals surface area contributed by atoms with Crippen LogP contribution in [0, 0.1) is 5.82 Å². The summed E-state index contributed by atoms with van der Waals surface area (Å²) in [7, 11) is 0. The second kappa shape index (κ2) is 5.82. The smallest absolute Gasteiger partial charge is 0.218 e. The molecule has 1 atom stereocenters. The van der Waals surface area contributed by atoms with Crippen LogP contribution in [0.1, 0.15) is 18.9 Å². The van der Waals surface area contributed by atoms with E-state index >= 15 is 0 Å². The van der Waals surface area contributed by atoms with E-state index in [1.807, 2.05) is 0 Å². The zero-order valence-corrected chi connectivity index (χ0v) is 9.72. The van der Waals surface area contributed by atoms with Crippen molar-refractivity contribution in [2.24, 2.45) is 5.73 Å². The summed E-state index contributed by atoms with van der Waals surface area (Å²) in [6.07, 6.45) is 0.214. The SMILES string of the molecule is CC(CC(N)=O)NCc1c(F)cccc1Cl. The minimum absolute atomic E-state index is 0.104. The fourth-order valence-corrected chi connectivity index (χ4v) is 1.58. The maximum absolute atomic E-state index is 13.3. The molecule has 88 valence electrons. The number of carbonyl (C=O) groups excluding carboxylic acids is 1. The van der Waals surface area contributed by atoms with Crippen LogP contribution in [0.3, 0.4) is 0 Å². The molecule has 1 aromatic rings. The molecule has 0 aliphatic carbocycles. The van der Waals surface area contributed by atoms with Gasteiger partial charge in [-0.05, 0) is 19.1 Å². The maximum Gasteiger partial charge on any atom is 0.218 e. The second-order valence-corrected chi connectivity index (χ2v) is 4.06. The quantitative estimate of drug-likeness (QED) is 0.830. The summed E-state index contributed by atoms with van der Waals surface area (Å²) in [5.41, 5.74) is 5.45. The van der Waals surface area contributed by atoms with Crippen molar-refractivity contribution in [1.82, 2.24) is 5.32 Å². The molecule has 0 heterocycles. The molecule has 3 N–H and O–H groups in total. The van der Waals surface area contributed by atoms with Crippen molar-refractivity contribution in [3.05, 3.63) is 34.6 Å². The van der Waals surface area contributed by atoms with Gasteiger partial charge in [0.2, 0.25) is 5.91 Å². The molecule has 0 spiro atoms. The Labute approximate surface area is 98.8 Å². The van der Waals surface area contributed by atoms with E-state index in [1.54, 1.807) is 19.1 Å². The first-order valence-corrected chi connectivity index (χ1v) is 5.33. The lowest BCUT2D eigenvalue weighted by atomic mass is 10.1. The van der Waals surface area contributed by atoms with E-state index in [2.05, 4.69) is 5.32 Å². The summed E-state index contributed by atoms with van der Waals surface area (Å²) in [6, 6.07) is 4.42. The predicted molar refractivity (Wildman–Crippen MR) is 61.5 cm³/mol. The number of primary amides is 1. The van der Waals surface area contributed by atoms with Crippen molar-refractivity contribution < 1.29 is 9.18 Å². The summed E-state index contributed by atoms with van der Waals surface area (Å²) >= 11 is 5.85. The summed E-state index contributed by atoms with van der Waals surface area (Å²) in [4.78, 5) is 10.6. The Morgan fingerprint density at radius 3 is 2.88 bits per heavy atom. The van der Waals surface area contributed by atoms with Crippen molar-refractivity contribution in [2.45, 2.75) is 25.9 Å². The molecular weight excluding hydrogens is 231 g/mol. The van der Waals surface area contributed by atoms with Crippen LogP contribution >= 0.6 is 11.6 Å².